The average molecular weight is 310 g/mol. The molecule has 1 aromatic rings. The highest BCUT2D eigenvalue weighted by molar-refractivity contribution is 7.89. The third kappa shape index (κ3) is 3.65. The van der Waals surface area contributed by atoms with E-state index in [1.54, 1.807) is 7.05 Å². The lowest BCUT2D eigenvalue weighted by molar-refractivity contribution is 0.463. The van der Waals surface area contributed by atoms with Crippen LogP contribution in [0.5, 0.6) is 0 Å². The molecule has 0 atom stereocenters. The standard InChI is InChI=1S/C16H26N2O2S/c1-11(2)17-10-14-8-12(3)13(4)16(9-14)21(19,20)18(5)15-6-7-15/h8-9,11,15,17H,6-7,10H2,1-5H3. The first-order valence-corrected chi connectivity index (χ1v) is 8.99. The zero-order valence-corrected chi connectivity index (χ0v) is 14.4. The molecule has 0 saturated heterocycles. The molecule has 0 radical (unpaired) electrons. The second kappa shape index (κ2) is 6.07. The number of sulfonamides is 1. The van der Waals surface area contributed by atoms with Crippen molar-refractivity contribution in [1.29, 1.82) is 0 Å². The minimum absolute atomic E-state index is 0.187. The smallest absolute Gasteiger partial charge is 0.243 e. The van der Waals surface area contributed by atoms with E-state index in [1.165, 1.54) is 4.31 Å². The number of aryl methyl sites for hydroxylation is 1. The molecular weight excluding hydrogens is 284 g/mol. The highest BCUT2D eigenvalue weighted by Crippen LogP contribution is 2.32. The summed E-state index contributed by atoms with van der Waals surface area (Å²) >= 11 is 0. The Morgan fingerprint density at radius 2 is 1.90 bits per heavy atom. The van der Waals surface area contributed by atoms with Gasteiger partial charge in [0.2, 0.25) is 10.0 Å². The minimum atomic E-state index is -3.38. The van der Waals surface area contributed by atoms with Gasteiger partial charge in [-0.05, 0) is 49.4 Å². The third-order valence-electron chi connectivity index (χ3n) is 4.11. The number of nitrogens with zero attached hydrogens (tertiary/aromatic N) is 1. The van der Waals surface area contributed by atoms with Gasteiger partial charge in [0, 0.05) is 25.7 Å². The lowest BCUT2D eigenvalue weighted by atomic mass is 10.1. The molecule has 0 heterocycles. The maximum atomic E-state index is 12.8. The molecule has 118 valence electrons. The number of hydrogen-bond acceptors (Lipinski definition) is 3. The van der Waals surface area contributed by atoms with E-state index in [2.05, 4.69) is 25.2 Å². The van der Waals surface area contributed by atoms with Crippen LogP contribution in [0.2, 0.25) is 0 Å². The van der Waals surface area contributed by atoms with Gasteiger partial charge in [0.25, 0.3) is 0 Å². The molecule has 0 amide bonds. The Balaban J connectivity index is 2.37. The van der Waals surface area contributed by atoms with Gasteiger partial charge in [-0.1, -0.05) is 19.9 Å². The number of rotatable bonds is 6. The molecule has 5 heteroatoms. The van der Waals surface area contributed by atoms with E-state index in [-0.39, 0.29) is 6.04 Å². The Hall–Kier alpha value is -0.910. The minimum Gasteiger partial charge on any atom is -0.310 e. The van der Waals surface area contributed by atoms with Crippen molar-refractivity contribution in [2.24, 2.45) is 0 Å². The van der Waals surface area contributed by atoms with Gasteiger partial charge in [-0.2, -0.15) is 4.31 Å². The first kappa shape index (κ1) is 16.5. The molecule has 1 fully saturated rings. The summed E-state index contributed by atoms with van der Waals surface area (Å²) in [6.07, 6.45) is 1.95. The molecule has 1 aliphatic rings. The fraction of sp³-hybridized carbons (Fsp3) is 0.625. The van der Waals surface area contributed by atoms with Crippen molar-refractivity contribution in [1.82, 2.24) is 9.62 Å². The summed E-state index contributed by atoms with van der Waals surface area (Å²) in [4.78, 5) is 0.456. The van der Waals surface area contributed by atoms with Gasteiger partial charge in [-0.3, -0.25) is 0 Å². The fourth-order valence-corrected chi connectivity index (χ4v) is 4.14. The second-order valence-corrected chi connectivity index (χ2v) is 8.29. The SMILES string of the molecule is Cc1cc(CNC(C)C)cc(S(=O)(=O)N(C)C2CC2)c1C. The Labute approximate surface area is 128 Å². The number of benzene rings is 1. The molecule has 0 unspecified atom stereocenters. The number of nitrogens with one attached hydrogen (secondary N) is 1. The average Bonchev–Trinajstić information content (AvgIpc) is 3.23. The van der Waals surface area contributed by atoms with Gasteiger partial charge in [0.05, 0.1) is 4.90 Å². The van der Waals surface area contributed by atoms with Crippen LogP contribution < -0.4 is 5.32 Å². The molecule has 0 aromatic heterocycles. The molecule has 0 aliphatic heterocycles. The second-order valence-electron chi connectivity index (χ2n) is 6.32. The molecule has 1 aromatic carbocycles. The maximum Gasteiger partial charge on any atom is 0.243 e. The first-order valence-electron chi connectivity index (χ1n) is 7.55. The summed E-state index contributed by atoms with van der Waals surface area (Å²) in [5.74, 6) is 0. The van der Waals surface area contributed by atoms with Gasteiger partial charge in [-0.25, -0.2) is 8.42 Å². The topological polar surface area (TPSA) is 49.4 Å². The van der Waals surface area contributed by atoms with E-state index in [1.807, 2.05) is 19.9 Å². The molecule has 1 N–H and O–H groups in total. The summed E-state index contributed by atoms with van der Waals surface area (Å²) in [6.45, 7) is 8.72. The molecule has 1 aliphatic carbocycles. The predicted octanol–water partition coefficient (Wildman–Crippen LogP) is 2.58. The lowest BCUT2D eigenvalue weighted by Gasteiger charge is -2.20. The fourth-order valence-electron chi connectivity index (χ4n) is 2.38. The van der Waals surface area contributed by atoms with Crippen molar-refractivity contribution in [3.8, 4) is 0 Å². The van der Waals surface area contributed by atoms with Gasteiger partial charge in [0.1, 0.15) is 0 Å². The van der Waals surface area contributed by atoms with Crippen molar-refractivity contribution in [3.05, 3.63) is 28.8 Å². The van der Waals surface area contributed by atoms with Crippen LogP contribution in [0.25, 0.3) is 0 Å². The van der Waals surface area contributed by atoms with Gasteiger partial charge in [0.15, 0.2) is 0 Å². The summed E-state index contributed by atoms with van der Waals surface area (Å²) in [5.41, 5.74) is 2.91. The van der Waals surface area contributed by atoms with Crippen LogP contribution in [0.3, 0.4) is 0 Å². The van der Waals surface area contributed by atoms with Crippen LogP contribution in [0.1, 0.15) is 43.4 Å². The third-order valence-corrected chi connectivity index (χ3v) is 6.15. The summed E-state index contributed by atoms with van der Waals surface area (Å²) in [6, 6.07) is 4.46. The normalized spacial score (nSPS) is 16.0. The Kier molecular flexibility index (Phi) is 4.76. The molecule has 4 nitrogen and oxygen atoms in total. The van der Waals surface area contributed by atoms with Crippen molar-refractivity contribution < 1.29 is 8.42 Å². The van der Waals surface area contributed by atoms with E-state index in [9.17, 15) is 8.42 Å². The monoisotopic (exact) mass is 310 g/mol. The van der Waals surface area contributed by atoms with E-state index >= 15 is 0 Å². The first-order chi connectivity index (χ1) is 9.73. The van der Waals surface area contributed by atoms with Gasteiger partial charge in [-0.15, -0.1) is 0 Å². The van der Waals surface area contributed by atoms with E-state index in [0.717, 1.165) is 29.5 Å². The zero-order valence-electron chi connectivity index (χ0n) is 13.6. The van der Waals surface area contributed by atoms with Crippen LogP contribution in [0, 0.1) is 13.8 Å². The highest BCUT2D eigenvalue weighted by atomic mass is 32.2. The van der Waals surface area contributed by atoms with Crippen LogP contribution >= 0.6 is 0 Å². The Bertz CT molecular complexity index is 619. The van der Waals surface area contributed by atoms with E-state index in [0.29, 0.717) is 17.5 Å². The van der Waals surface area contributed by atoms with Gasteiger partial charge >= 0.3 is 0 Å². The summed E-state index contributed by atoms with van der Waals surface area (Å²) < 4.78 is 27.1. The van der Waals surface area contributed by atoms with E-state index < -0.39 is 10.0 Å². The van der Waals surface area contributed by atoms with Crippen molar-refractivity contribution >= 4 is 10.0 Å². The summed E-state index contributed by atoms with van der Waals surface area (Å²) in [7, 11) is -1.69. The molecular formula is C16H26N2O2S. The largest absolute Gasteiger partial charge is 0.310 e. The van der Waals surface area contributed by atoms with Crippen LogP contribution in [0.15, 0.2) is 17.0 Å². The maximum absolute atomic E-state index is 12.8. The predicted molar refractivity (Wildman–Crippen MR) is 85.9 cm³/mol. The zero-order chi connectivity index (χ0) is 15.8. The molecule has 2 rings (SSSR count). The lowest BCUT2D eigenvalue weighted by Crippen LogP contribution is -2.30. The number of hydrogen-bond donors (Lipinski definition) is 1. The summed E-state index contributed by atoms with van der Waals surface area (Å²) in [5, 5.41) is 3.34. The molecule has 21 heavy (non-hydrogen) atoms. The molecule has 0 spiro atoms. The van der Waals surface area contributed by atoms with Crippen LogP contribution in [-0.4, -0.2) is 31.9 Å². The van der Waals surface area contributed by atoms with Gasteiger partial charge < -0.3 is 5.32 Å². The van der Waals surface area contributed by atoms with Crippen molar-refractivity contribution in [3.63, 3.8) is 0 Å². The Morgan fingerprint density at radius 3 is 2.43 bits per heavy atom. The van der Waals surface area contributed by atoms with E-state index in [4.69, 9.17) is 0 Å². The van der Waals surface area contributed by atoms with Crippen LogP contribution in [0.4, 0.5) is 0 Å². The van der Waals surface area contributed by atoms with Crippen molar-refractivity contribution in [2.75, 3.05) is 7.05 Å². The molecule has 0 bridgehead atoms. The quantitative estimate of drug-likeness (QED) is 0.878. The Morgan fingerprint density at radius 1 is 1.29 bits per heavy atom. The van der Waals surface area contributed by atoms with Crippen molar-refractivity contribution in [2.45, 2.75) is 64.1 Å². The highest BCUT2D eigenvalue weighted by Gasteiger charge is 2.36. The van der Waals surface area contributed by atoms with Crippen LogP contribution in [-0.2, 0) is 16.6 Å². The molecule has 1 saturated carbocycles.